The van der Waals surface area contributed by atoms with Crippen molar-refractivity contribution in [3.63, 3.8) is 0 Å². The molecular weight excluding hydrogens is 250 g/mol. The van der Waals surface area contributed by atoms with Crippen molar-refractivity contribution >= 4 is 0 Å². The fourth-order valence-corrected chi connectivity index (χ4v) is 3.41. The van der Waals surface area contributed by atoms with Crippen LogP contribution in [-0.4, -0.2) is 36.0 Å². The van der Waals surface area contributed by atoms with Crippen LogP contribution in [0.5, 0.6) is 0 Å². The Hall–Kier alpha value is -0.900. The molecule has 1 aliphatic heterocycles. The van der Waals surface area contributed by atoms with Gasteiger partial charge in [0, 0.05) is 25.6 Å². The summed E-state index contributed by atoms with van der Waals surface area (Å²) < 4.78 is 5.47. The van der Waals surface area contributed by atoms with Crippen LogP contribution in [0.1, 0.15) is 43.2 Å². The molecule has 3 rings (SSSR count). The number of nitrogens with one attached hydrogen (secondary N) is 1. The average molecular weight is 275 g/mol. The van der Waals surface area contributed by atoms with Gasteiger partial charge in [-0.15, -0.1) is 0 Å². The van der Waals surface area contributed by atoms with Crippen molar-refractivity contribution in [3.05, 3.63) is 35.4 Å². The van der Waals surface area contributed by atoms with Crippen LogP contribution >= 0.6 is 0 Å². The zero-order valence-corrected chi connectivity index (χ0v) is 12.4. The Morgan fingerprint density at radius 1 is 1.35 bits per heavy atom. The van der Waals surface area contributed by atoms with E-state index in [1.807, 2.05) is 6.92 Å². The van der Waals surface area contributed by atoms with Crippen LogP contribution in [0, 0.1) is 6.92 Å². The van der Waals surface area contributed by atoms with Gasteiger partial charge in [0.1, 0.15) is 5.60 Å². The summed E-state index contributed by atoms with van der Waals surface area (Å²) in [6.45, 7) is 5.48. The standard InChI is InChI=1S/C17H25NO2/c1-12-5-3-4-6-16(12)14-9-15(10-14)18-11-17(19)7-8-20-13(17)2/h3-6,13-15,18-19H,7-11H2,1-2H3. The van der Waals surface area contributed by atoms with Gasteiger partial charge in [0.15, 0.2) is 0 Å². The molecule has 1 heterocycles. The number of ether oxygens (including phenoxy) is 1. The first kappa shape index (κ1) is 14.1. The first-order valence-corrected chi connectivity index (χ1v) is 7.71. The maximum absolute atomic E-state index is 10.5. The van der Waals surface area contributed by atoms with E-state index in [1.165, 1.54) is 24.0 Å². The average Bonchev–Trinajstić information content (AvgIpc) is 2.70. The van der Waals surface area contributed by atoms with E-state index in [0.717, 1.165) is 6.42 Å². The Kier molecular flexibility index (Phi) is 3.85. The molecule has 2 aliphatic rings. The second-order valence-electron chi connectivity index (χ2n) is 6.47. The van der Waals surface area contributed by atoms with Gasteiger partial charge in [-0.05, 0) is 43.7 Å². The van der Waals surface area contributed by atoms with Crippen LogP contribution in [0.2, 0.25) is 0 Å². The molecule has 1 aromatic rings. The van der Waals surface area contributed by atoms with E-state index in [9.17, 15) is 5.11 Å². The fourth-order valence-electron chi connectivity index (χ4n) is 3.41. The predicted octanol–water partition coefficient (Wildman–Crippen LogP) is 2.37. The van der Waals surface area contributed by atoms with Gasteiger partial charge in [-0.3, -0.25) is 0 Å². The van der Waals surface area contributed by atoms with Crippen LogP contribution in [0.3, 0.4) is 0 Å². The molecule has 1 saturated carbocycles. The molecule has 3 nitrogen and oxygen atoms in total. The van der Waals surface area contributed by atoms with Gasteiger partial charge in [0.25, 0.3) is 0 Å². The molecule has 0 bridgehead atoms. The Bertz CT molecular complexity index is 470. The summed E-state index contributed by atoms with van der Waals surface area (Å²) in [6, 6.07) is 9.21. The highest BCUT2D eigenvalue weighted by atomic mass is 16.5. The summed E-state index contributed by atoms with van der Waals surface area (Å²) in [5.41, 5.74) is 2.21. The summed E-state index contributed by atoms with van der Waals surface area (Å²) in [7, 11) is 0. The molecule has 2 N–H and O–H groups in total. The fraction of sp³-hybridized carbons (Fsp3) is 0.647. The van der Waals surface area contributed by atoms with E-state index in [-0.39, 0.29) is 6.10 Å². The second kappa shape index (κ2) is 5.47. The maximum atomic E-state index is 10.5. The number of hydrogen-bond donors (Lipinski definition) is 2. The second-order valence-corrected chi connectivity index (χ2v) is 6.47. The molecular formula is C17H25NO2. The van der Waals surface area contributed by atoms with Crippen molar-refractivity contribution in [1.29, 1.82) is 0 Å². The molecule has 20 heavy (non-hydrogen) atoms. The molecule has 110 valence electrons. The summed E-state index contributed by atoms with van der Waals surface area (Å²) in [4.78, 5) is 0. The molecule has 0 spiro atoms. The topological polar surface area (TPSA) is 41.5 Å². The first-order chi connectivity index (χ1) is 9.58. The molecule has 3 heteroatoms. The SMILES string of the molecule is Cc1ccccc1C1CC(NCC2(O)CCOC2C)C1. The smallest absolute Gasteiger partial charge is 0.105 e. The molecule has 0 radical (unpaired) electrons. The van der Waals surface area contributed by atoms with Crippen molar-refractivity contribution in [2.45, 2.75) is 56.8 Å². The molecule has 1 aromatic carbocycles. The van der Waals surface area contributed by atoms with Gasteiger partial charge in [-0.2, -0.15) is 0 Å². The number of aliphatic hydroxyl groups is 1. The zero-order valence-electron chi connectivity index (χ0n) is 12.4. The Morgan fingerprint density at radius 3 is 2.75 bits per heavy atom. The minimum Gasteiger partial charge on any atom is -0.386 e. The van der Waals surface area contributed by atoms with Crippen molar-refractivity contribution in [2.24, 2.45) is 0 Å². The predicted molar refractivity (Wildman–Crippen MR) is 79.9 cm³/mol. The van der Waals surface area contributed by atoms with Crippen LogP contribution in [0.25, 0.3) is 0 Å². The molecule has 1 aliphatic carbocycles. The molecule has 2 unspecified atom stereocenters. The van der Waals surface area contributed by atoms with Crippen molar-refractivity contribution in [3.8, 4) is 0 Å². The molecule has 2 fully saturated rings. The van der Waals surface area contributed by atoms with Gasteiger partial charge in [-0.1, -0.05) is 24.3 Å². The third-order valence-corrected chi connectivity index (χ3v) is 5.12. The number of aryl methyl sites for hydroxylation is 1. The quantitative estimate of drug-likeness (QED) is 0.886. The monoisotopic (exact) mass is 275 g/mol. The zero-order chi connectivity index (χ0) is 14.2. The summed E-state index contributed by atoms with van der Waals surface area (Å²) >= 11 is 0. The summed E-state index contributed by atoms with van der Waals surface area (Å²) in [5.74, 6) is 0.681. The Morgan fingerprint density at radius 2 is 2.10 bits per heavy atom. The van der Waals surface area contributed by atoms with Gasteiger partial charge < -0.3 is 15.2 Å². The van der Waals surface area contributed by atoms with Crippen molar-refractivity contribution in [1.82, 2.24) is 5.32 Å². The first-order valence-electron chi connectivity index (χ1n) is 7.71. The lowest BCUT2D eigenvalue weighted by Gasteiger charge is -2.39. The van der Waals surface area contributed by atoms with E-state index in [4.69, 9.17) is 4.74 Å². The largest absolute Gasteiger partial charge is 0.386 e. The van der Waals surface area contributed by atoms with Gasteiger partial charge in [0.05, 0.1) is 6.10 Å². The van der Waals surface area contributed by atoms with Crippen molar-refractivity contribution < 1.29 is 9.84 Å². The highest BCUT2D eigenvalue weighted by Gasteiger charge is 2.41. The third-order valence-electron chi connectivity index (χ3n) is 5.12. The van der Waals surface area contributed by atoms with Crippen LogP contribution in [0.4, 0.5) is 0 Å². The minimum atomic E-state index is -0.673. The Labute approximate surface area is 121 Å². The Balaban J connectivity index is 1.48. The molecule has 0 amide bonds. The van der Waals surface area contributed by atoms with Crippen LogP contribution in [-0.2, 0) is 4.74 Å². The number of benzene rings is 1. The minimum absolute atomic E-state index is 0.0535. The van der Waals surface area contributed by atoms with Crippen LogP contribution in [0.15, 0.2) is 24.3 Å². The van der Waals surface area contributed by atoms with Crippen LogP contribution < -0.4 is 5.32 Å². The van der Waals surface area contributed by atoms with E-state index < -0.39 is 5.60 Å². The summed E-state index contributed by atoms with van der Waals surface area (Å²) in [5, 5.41) is 14.0. The lowest BCUT2D eigenvalue weighted by atomic mass is 9.74. The van der Waals surface area contributed by atoms with Crippen molar-refractivity contribution in [2.75, 3.05) is 13.2 Å². The highest BCUT2D eigenvalue weighted by molar-refractivity contribution is 5.31. The van der Waals surface area contributed by atoms with E-state index in [1.54, 1.807) is 0 Å². The van der Waals surface area contributed by atoms with Gasteiger partial charge >= 0.3 is 0 Å². The lowest BCUT2D eigenvalue weighted by molar-refractivity contribution is -0.0295. The molecule has 2 atom stereocenters. The number of hydrogen-bond acceptors (Lipinski definition) is 3. The van der Waals surface area contributed by atoms with E-state index in [0.29, 0.717) is 25.1 Å². The molecule has 1 saturated heterocycles. The highest BCUT2D eigenvalue weighted by Crippen LogP contribution is 2.38. The molecule has 0 aromatic heterocycles. The maximum Gasteiger partial charge on any atom is 0.105 e. The van der Waals surface area contributed by atoms with E-state index >= 15 is 0 Å². The van der Waals surface area contributed by atoms with E-state index in [2.05, 4.69) is 36.5 Å². The lowest BCUT2D eigenvalue weighted by Crippen LogP contribution is -2.51. The van der Waals surface area contributed by atoms with Gasteiger partial charge in [-0.25, -0.2) is 0 Å². The summed E-state index contributed by atoms with van der Waals surface area (Å²) in [6.07, 6.45) is 3.05. The normalized spacial score (nSPS) is 36.9. The number of rotatable bonds is 4. The van der Waals surface area contributed by atoms with Gasteiger partial charge in [0.2, 0.25) is 0 Å². The third kappa shape index (κ3) is 2.62.